The summed E-state index contributed by atoms with van der Waals surface area (Å²) in [6.07, 6.45) is 1.15. The molecule has 2 nitrogen and oxygen atoms in total. The molecule has 0 aromatic heterocycles. The van der Waals surface area contributed by atoms with Gasteiger partial charge in [0.2, 0.25) is 0 Å². The Bertz CT molecular complexity index is 529. The highest BCUT2D eigenvalue weighted by atomic mass is 14.8. The van der Waals surface area contributed by atoms with E-state index in [0.29, 0.717) is 5.92 Å². The Labute approximate surface area is 122 Å². The second-order valence-electron chi connectivity index (χ2n) is 5.76. The molecule has 0 bridgehead atoms. The van der Waals surface area contributed by atoms with Crippen molar-refractivity contribution in [2.24, 2.45) is 5.92 Å². The molecular weight excluding hydrogens is 244 g/mol. The number of anilines is 1. The van der Waals surface area contributed by atoms with Gasteiger partial charge in [0, 0.05) is 18.8 Å². The molecule has 0 aliphatic carbocycles. The summed E-state index contributed by atoms with van der Waals surface area (Å²) in [5, 5.41) is 3.45. The van der Waals surface area contributed by atoms with Crippen LogP contribution in [0.25, 0.3) is 0 Å². The lowest BCUT2D eigenvalue weighted by atomic mass is 10.0. The third kappa shape index (κ3) is 4.71. The molecule has 2 heteroatoms. The highest BCUT2D eigenvalue weighted by molar-refractivity contribution is 5.40. The van der Waals surface area contributed by atoms with Gasteiger partial charge in [-0.1, -0.05) is 50.2 Å². The predicted molar refractivity (Wildman–Crippen MR) is 86.4 cm³/mol. The van der Waals surface area contributed by atoms with Crippen molar-refractivity contribution in [2.45, 2.75) is 33.4 Å². The number of hydrogen-bond donors (Lipinski definition) is 2. The molecule has 0 aliphatic rings. The highest BCUT2D eigenvalue weighted by Crippen LogP contribution is 2.10. The molecule has 2 rings (SSSR count). The van der Waals surface area contributed by atoms with Gasteiger partial charge in [-0.05, 0) is 41.2 Å². The van der Waals surface area contributed by atoms with E-state index in [2.05, 4.69) is 49.5 Å². The summed E-state index contributed by atoms with van der Waals surface area (Å²) >= 11 is 0. The van der Waals surface area contributed by atoms with Gasteiger partial charge in [-0.2, -0.15) is 0 Å². The Kier molecular flexibility index (Phi) is 5.19. The summed E-state index contributed by atoms with van der Waals surface area (Å²) < 4.78 is 0. The molecule has 0 saturated carbocycles. The SMILES string of the molecule is CC(C)Cc1ccc(CNCc2cccc(N)c2)cc1. The first kappa shape index (κ1) is 14.6. The maximum atomic E-state index is 5.77. The molecule has 0 heterocycles. The van der Waals surface area contributed by atoms with Gasteiger partial charge in [-0.3, -0.25) is 0 Å². The second-order valence-corrected chi connectivity index (χ2v) is 5.76. The standard InChI is InChI=1S/C18H24N2/c1-14(2)10-15-6-8-16(9-7-15)12-20-13-17-4-3-5-18(19)11-17/h3-9,11,14,20H,10,12-13,19H2,1-2H3. The van der Waals surface area contributed by atoms with E-state index in [1.165, 1.54) is 16.7 Å². The van der Waals surface area contributed by atoms with E-state index < -0.39 is 0 Å². The molecule has 2 aromatic rings. The van der Waals surface area contributed by atoms with Crippen LogP contribution in [0.3, 0.4) is 0 Å². The smallest absolute Gasteiger partial charge is 0.0317 e. The van der Waals surface area contributed by atoms with Gasteiger partial charge >= 0.3 is 0 Å². The third-order valence-corrected chi connectivity index (χ3v) is 3.28. The first-order valence-corrected chi connectivity index (χ1v) is 7.26. The zero-order valence-corrected chi connectivity index (χ0v) is 12.4. The Morgan fingerprint density at radius 2 is 1.55 bits per heavy atom. The lowest BCUT2D eigenvalue weighted by Crippen LogP contribution is -2.12. The maximum Gasteiger partial charge on any atom is 0.0317 e. The molecule has 0 spiro atoms. The van der Waals surface area contributed by atoms with Crippen LogP contribution in [-0.4, -0.2) is 0 Å². The zero-order chi connectivity index (χ0) is 14.4. The van der Waals surface area contributed by atoms with E-state index in [1.54, 1.807) is 0 Å². The van der Waals surface area contributed by atoms with E-state index in [-0.39, 0.29) is 0 Å². The first-order chi connectivity index (χ1) is 9.63. The molecule has 0 atom stereocenters. The molecule has 0 amide bonds. The summed E-state index contributed by atoms with van der Waals surface area (Å²) in [4.78, 5) is 0. The van der Waals surface area contributed by atoms with Gasteiger partial charge in [0.25, 0.3) is 0 Å². The van der Waals surface area contributed by atoms with Crippen molar-refractivity contribution in [1.82, 2.24) is 5.32 Å². The average Bonchev–Trinajstić information content (AvgIpc) is 2.40. The van der Waals surface area contributed by atoms with E-state index in [9.17, 15) is 0 Å². The molecule has 20 heavy (non-hydrogen) atoms. The molecular formula is C18H24N2. The quantitative estimate of drug-likeness (QED) is 0.783. The lowest BCUT2D eigenvalue weighted by molar-refractivity contribution is 0.646. The van der Waals surface area contributed by atoms with Crippen LogP contribution in [0.4, 0.5) is 5.69 Å². The molecule has 2 aromatic carbocycles. The van der Waals surface area contributed by atoms with Crippen LogP contribution in [0.1, 0.15) is 30.5 Å². The zero-order valence-electron chi connectivity index (χ0n) is 12.4. The van der Waals surface area contributed by atoms with Crippen LogP contribution in [0.2, 0.25) is 0 Å². The fourth-order valence-electron chi connectivity index (χ4n) is 2.32. The van der Waals surface area contributed by atoms with Crippen LogP contribution >= 0.6 is 0 Å². The third-order valence-electron chi connectivity index (χ3n) is 3.28. The van der Waals surface area contributed by atoms with E-state index in [1.807, 2.05) is 18.2 Å². The summed E-state index contributed by atoms with van der Waals surface area (Å²) in [5.41, 5.74) is 10.6. The summed E-state index contributed by atoms with van der Waals surface area (Å²) in [7, 11) is 0. The monoisotopic (exact) mass is 268 g/mol. The van der Waals surface area contributed by atoms with Crippen molar-refractivity contribution in [2.75, 3.05) is 5.73 Å². The van der Waals surface area contributed by atoms with Crippen molar-refractivity contribution in [3.8, 4) is 0 Å². The van der Waals surface area contributed by atoms with Crippen molar-refractivity contribution in [3.63, 3.8) is 0 Å². The van der Waals surface area contributed by atoms with Crippen LogP contribution in [0.5, 0.6) is 0 Å². The number of nitrogens with two attached hydrogens (primary N) is 1. The van der Waals surface area contributed by atoms with Gasteiger partial charge in [0.15, 0.2) is 0 Å². The Morgan fingerprint density at radius 3 is 2.20 bits per heavy atom. The van der Waals surface area contributed by atoms with Gasteiger partial charge in [0.05, 0.1) is 0 Å². The number of hydrogen-bond acceptors (Lipinski definition) is 2. The molecule has 0 aliphatic heterocycles. The van der Waals surface area contributed by atoms with Crippen LogP contribution in [0, 0.1) is 5.92 Å². The normalized spacial score (nSPS) is 10.9. The molecule has 106 valence electrons. The topological polar surface area (TPSA) is 38.0 Å². The van der Waals surface area contributed by atoms with E-state index in [0.717, 1.165) is 25.2 Å². The summed E-state index contributed by atoms with van der Waals surface area (Å²) in [6, 6.07) is 16.9. The Hall–Kier alpha value is -1.80. The van der Waals surface area contributed by atoms with Gasteiger partial charge in [-0.25, -0.2) is 0 Å². The van der Waals surface area contributed by atoms with Crippen LogP contribution < -0.4 is 11.1 Å². The Balaban J connectivity index is 1.82. The minimum Gasteiger partial charge on any atom is -0.399 e. The minimum atomic E-state index is 0.711. The second kappa shape index (κ2) is 7.11. The van der Waals surface area contributed by atoms with Gasteiger partial charge < -0.3 is 11.1 Å². The molecule has 0 fully saturated rings. The summed E-state index contributed by atoms with van der Waals surface area (Å²) in [6.45, 7) is 6.23. The predicted octanol–water partition coefficient (Wildman–Crippen LogP) is 3.76. The van der Waals surface area contributed by atoms with Crippen molar-refractivity contribution >= 4 is 5.69 Å². The van der Waals surface area contributed by atoms with Gasteiger partial charge in [-0.15, -0.1) is 0 Å². The van der Waals surface area contributed by atoms with E-state index in [4.69, 9.17) is 5.73 Å². The van der Waals surface area contributed by atoms with E-state index >= 15 is 0 Å². The number of nitrogen functional groups attached to an aromatic ring is 1. The van der Waals surface area contributed by atoms with Crippen LogP contribution in [-0.2, 0) is 19.5 Å². The first-order valence-electron chi connectivity index (χ1n) is 7.26. The molecule has 3 N–H and O–H groups in total. The fourth-order valence-corrected chi connectivity index (χ4v) is 2.32. The average molecular weight is 268 g/mol. The Morgan fingerprint density at radius 1 is 0.900 bits per heavy atom. The minimum absolute atomic E-state index is 0.711. The fraction of sp³-hybridized carbons (Fsp3) is 0.333. The van der Waals surface area contributed by atoms with Crippen LogP contribution in [0.15, 0.2) is 48.5 Å². The number of rotatable bonds is 6. The van der Waals surface area contributed by atoms with Gasteiger partial charge in [0.1, 0.15) is 0 Å². The van der Waals surface area contributed by atoms with Crippen molar-refractivity contribution in [3.05, 3.63) is 65.2 Å². The number of benzene rings is 2. The molecule has 0 radical (unpaired) electrons. The molecule has 0 unspecified atom stereocenters. The number of nitrogens with one attached hydrogen (secondary N) is 1. The maximum absolute atomic E-state index is 5.77. The largest absolute Gasteiger partial charge is 0.399 e. The highest BCUT2D eigenvalue weighted by Gasteiger charge is 1.99. The van der Waals surface area contributed by atoms with Crippen molar-refractivity contribution in [1.29, 1.82) is 0 Å². The van der Waals surface area contributed by atoms with Crippen molar-refractivity contribution < 1.29 is 0 Å². The lowest BCUT2D eigenvalue weighted by Gasteiger charge is -2.08. The summed E-state index contributed by atoms with van der Waals surface area (Å²) in [5.74, 6) is 0.711. The molecule has 0 saturated heterocycles.